The Hall–Kier alpha value is -0.500. The summed E-state index contributed by atoms with van der Waals surface area (Å²) < 4.78 is 6.65. The van der Waals surface area contributed by atoms with Crippen LogP contribution in [-0.2, 0) is 0 Å². The van der Waals surface area contributed by atoms with Gasteiger partial charge in [0, 0.05) is 18.1 Å². The van der Waals surface area contributed by atoms with Crippen molar-refractivity contribution in [1.82, 2.24) is 10.2 Å². The van der Waals surface area contributed by atoms with Crippen molar-refractivity contribution in [3.05, 3.63) is 28.7 Å². The van der Waals surface area contributed by atoms with Gasteiger partial charge in [-0.3, -0.25) is 4.99 Å². The van der Waals surface area contributed by atoms with Gasteiger partial charge in [-0.25, -0.2) is 0 Å². The zero-order chi connectivity index (χ0) is 12.1. The number of benzene rings is 1. The molecular weight excluding hydrogens is 409 g/mol. The summed E-state index contributed by atoms with van der Waals surface area (Å²) in [4.78, 5) is 6.45. The average Bonchev–Trinajstić information content (AvgIpc) is 2.71. The molecule has 18 heavy (non-hydrogen) atoms. The van der Waals surface area contributed by atoms with Crippen molar-refractivity contribution in [2.75, 3.05) is 33.3 Å². The summed E-state index contributed by atoms with van der Waals surface area (Å²) >= 11 is 3.41. The minimum Gasteiger partial charge on any atom is -0.492 e. The van der Waals surface area contributed by atoms with Crippen molar-refractivity contribution in [1.29, 1.82) is 0 Å². The SMILES string of the molecule is CN1CCN=C1NCCOc1cccc(Br)c1.I. The fraction of sp³-hybridized carbons (Fsp3) is 0.417. The van der Waals surface area contributed by atoms with Gasteiger partial charge >= 0.3 is 0 Å². The summed E-state index contributed by atoms with van der Waals surface area (Å²) in [7, 11) is 2.04. The first-order valence-electron chi connectivity index (χ1n) is 5.63. The van der Waals surface area contributed by atoms with Crippen molar-refractivity contribution in [3.63, 3.8) is 0 Å². The fourth-order valence-corrected chi connectivity index (χ4v) is 1.99. The highest BCUT2D eigenvalue weighted by molar-refractivity contribution is 14.0. The Bertz CT molecular complexity index is 414. The first kappa shape index (κ1) is 15.6. The van der Waals surface area contributed by atoms with Crippen LogP contribution in [-0.4, -0.2) is 44.1 Å². The average molecular weight is 426 g/mol. The first-order valence-corrected chi connectivity index (χ1v) is 6.43. The van der Waals surface area contributed by atoms with Gasteiger partial charge in [-0.2, -0.15) is 0 Å². The largest absolute Gasteiger partial charge is 0.492 e. The molecule has 1 aromatic carbocycles. The molecule has 1 aliphatic heterocycles. The van der Waals surface area contributed by atoms with E-state index in [4.69, 9.17) is 4.74 Å². The maximum Gasteiger partial charge on any atom is 0.193 e. The van der Waals surface area contributed by atoms with E-state index in [1.165, 1.54) is 0 Å². The Morgan fingerprint density at radius 3 is 3.00 bits per heavy atom. The summed E-state index contributed by atoms with van der Waals surface area (Å²) in [6.45, 7) is 3.26. The molecule has 0 amide bonds. The van der Waals surface area contributed by atoms with E-state index in [0.29, 0.717) is 6.61 Å². The molecule has 0 saturated carbocycles. The van der Waals surface area contributed by atoms with Crippen molar-refractivity contribution < 1.29 is 4.74 Å². The van der Waals surface area contributed by atoms with Gasteiger partial charge in [-0.1, -0.05) is 22.0 Å². The van der Waals surface area contributed by atoms with Crippen molar-refractivity contribution in [2.45, 2.75) is 0 Å². The molecule has 0 aromatic heterocycles. The number of hydrogen-bond donors (Lipinski definition) is 1. The van der Waals surface area contributed by atoms with Crippen LogP contribution in [0.5, 0.6) is 5.75 Å². The second-order valence-electron chi connectivity index (χ2n) is 3.86. The predicted octanol–water partition coefficient (Wildman–Crippen LogP) is 2.34. The molecule has 1 heterocycles. The van der Waals surface area contributed by atoms with E-state index in [1.807, 2.05) is 31.3 Å². The molecule has 1 N–H and O–H groups in total. The molecule has 0 fully saturated rings. The topological polar surface area (TPSA) is 36.9 Å². The molecule has 1 aromatic rings. The van der Waals surface area contributed by atoms with E-state index in [1.54, 1.807) is 0 Å². The Morgan fingerprint density at radius 2 is 2.33 bits per heavy atom. The maximum absolute atomic E-state index is 5.62. The van der Waals surface area contributed by atoms with E-state index in [9.17, 15) is 0 Å². The molecule has 0 saturated heterocycles. The van der Waals surface area contributed by atoms with Crippen LogP contribution in [0, 0.1) is 0 Å². The highest BCUT2D eigenvalue weighted by Gasteiger charge is 2.10. The molecule has 6 heteroatoms. The van der Waals surface area contributed by atoms with Crippen LogP contribution >= 0.6 is 39.9 Å². The highest BCUT2D eigenvalue weighted by Crippen LogP contribution is 2.17. The van der Waals surface area contributed by atoms with Crippen LogP contribution in [0.2, 0.25) is 0 Å². The van der Waals surface area contributed by atoms with Crippen molar-refractivity contribution in [3.8, 4) is 5.75 Å². The molecule has 2 rings (SSSR count). The van der Waals surface area contributed by atoms with Gasteiger partial charge in [0.25, 0.3) is 0 Å². The zero-order valence-electron chi connectivity index (χ0n) is 10.2. The van der Waals surface area contributed by atoms with Gasteiger partial charge in [0.15, 0.2) is 5.96 Å². The Kier molecular flexibility index (Phi) is 6.77. The van der Waals surface area contributed by atoms with E-state index in [-0.39, 0.29) is 24.0 Å². The van der Waals surface area contributed by atoms with E-state index in [0.717, 1.165) is 35.8 Å². The van der Waals surface area contributed by atoms with Gasteiger partial charge in [0.05, 0.1) is 13.1 Å². The molecule has 0 aliphatic carbocycles. The molecule has 1 aliphatic rings. The zero-order valence-corrected chi connectivity index (χ0v) is 14.1. The van der Waals surface area contributed by atoms with Crippen molar-refractivity contribution >= 4 is 45.9 Å². The van der Waals surface area contributed by atoms with Gasteiger partial charge < -0.3 is 15.0 Å². The third-order valence-corrected chi connectivity index (χ3v) is 3.00. The lowest BCUT2D eigenvalue weighted by Crippen LogP contribution is -2.37. The first-order chi connectivity index (χ1) is 8.25. The highest BCUT2D eigenvalue weighted by atomic mass is 127. The monoisotopic (exact) mass is 425 g/mol. The third-order valence-electron chi connectivity index (χ3n) is 2.51. The molecule has 4 nitrogen and oxygen atoms in total. The van der Waals surface area contributed by atoms with Crippen LogP contribution in [0.15, 0.2) is 33.7 Å². The number of likely N-dealkylation sites (N-methyl/N-ethyl adjacent to an activating group) is 1. The Morgan fingerprint density at radius 1 is 1.50 bits per heavy atom. The summed E-state index contributed by atoms with van der Waals surface area (Å²) in [5.74, 6) is 1.84. The molecule has 0 unspecified atom stereocenters. The molecule has 0 spiro atoms. The van der Waals surface area contributed by atoms with Crippen molar-refractivity contribution in [2.24, 2.45) is 4.99 Å². The second kappa shape index (κ2) is 7.83. The predicted molar refractivity (Wildman–Crippen MR) is 88.0 cm³/mol. The summed E-state index contributed by atoms with van der Waals surface area (Å²) in [5.41, 5.74) is 0. The lowest BCUT2D eigenvalue weighted by molar-refractivity contribution is 0.320. The lowest BCUT2D eigenvalue weighted by Gasteiger charge is -2.15. The number of halogens is 2. The summed E-state index contributed by atoms with van der Waals surface area (Å²) in [6, 6.07) is 7.85. The van der Waals surface area contributed by atoms with E-state index in [2.05, 4.69) is 31.1 Å². The van der Waals surface area contributed by atoms with Gasteiger partial charge in [0.2, 0.25) is 0 Å². The molecule has 100 valence electrons. The summed E-state index contributed by atoms with van der Waals surface area (Å²) in [5, 5.41) is 3.26. The van der Waals surface area contributed by atoms with Gasteiger partial charge in [-0.05, 0) is 18.2 Å². The number of aliphatic imine (C=N–C) groups is 1. The quantitative estimate of drug-likeness (QED) is 0.594. The molecule has 0 radical (unpaired) electrons. The van der Waals surface area contributed by atoms with Crippen LogP contribution < -0.4 is 10.1 Å². The third kappa shape index (κ3) is 4.64. The molecule has 0 atom stereocenters. The minimum absolute atomic E-state index is 0. The van der Waals surface area contributed by atoms with Crippen LogP contribution in [0.1, 0.15) is 0 Å². The minimum atomic E-state index is 0. The summed E-state index contributed by atoms with van der Waals surface area (Å²) in [6.07, 6.45) is 0. The van der Waals surface area contributed by atoms with E-state index >= 15 is 0 Å². The van der Waals surface area contributed by atoms with Gasteiger partial charge in [-0.15, -0.1) is 24.0 Å². The number of nitrogens with one attached hydrogen (secondary N) is 1. The normalized spacial score (nSPS) is 13.9. The Labute approximate surface area is 133 Å². The second-order valence-corrected chi connectivity index (χ2v) is 4.78. The van der Waals surface area contributed by atoms with Gasteiger partial charge in [0.1, 0.15) is 12.4 Å². The Balaban J connectivity index is 0.00000162. The van der Waals surface area contributed by atoms with E-state index < -0.39 is 0 Å². The standard InChI is InChI=1S/C12H16BrN3O.HI/c1-16-7-5-14-12(16)15-6-8-17-11-4-2-3-10(13)9-11;/h2-4,9H,5-8H2,1H3,(H,14,15);1H. The maximum atomic E-state index is 5.62. The number of ether oxygens (including phenoxy) is 1. The molecular formula is C12H17BrIN3O. The number of guanidine groups is 1. The number of hydrogen-bond acceptors (Lipinski definition) is 4. The smallest absolute Gasteiger partial charge is 0.193 e. The van der Waals surface area contributed by atoms with Crippen LogP contribution in [0.25, 0.3) is 0 Å². The van der Waals surface area contributed by atoms with Crippen LogP contribution in [0.3, 0.4) is 0 Å². The fourth-order valence-electron chi connectivity index (χ4n) is 1.61. The number of nitrogens with zero attached hydrogens (tertiary/aromatic N) is 2. The lowest BCUT2D eigenvalue weighted by atomic mass is 10.3. The molecule has 0 bridgehead atoms. The van der Waals surface area contributed by atoms with Crippen LogP contribution in [0.4, 0.5) is 0 Å². The number of rotatable bonds is 4.